The van der Waals surface area contributed by atoms with Gasteiger partial charge in [-0.1, -0.05) is 6.08 Å². The van der Waals surface area contributed by atoms with Crippen LogP contribution in [0, 0.1) is 10.8 Å². The lowest BCUT2D eigenvalue weighted by Crippen LogP contribution is -2.47. The van der Waals surface area contributed by atoms with Crippen molar-refractivity contribution in [3.63, 3.8) is 0 Å². The molecule has 1 saturated carbocycles. The van der Waals surface area contributed by atoms with Crippen molar-refractivity contribution in [2.75, 3.05) is 12.4 Å². The van der Waals surface area contributed by atoms with Crippen LogP contribution >= 0.6 is 0 Å². The highest BCUT2D eigenvalue weighted by atomic mass is 19.3. The van der Waals surface area contributed by atoms with Gasteiger partial charge >= 0.3 is 0 Å². The minimum absolute atomic E-state index is 0.0755. The quantitative estimate of drug-likeness (QED) is 0.636. The molecule has 2 fully saturated rings. The smallest absolute Gasteiger partial charge is 0.263 e. The minimum Gasteiger partial charge on any atom is -0.392 e. The van der Waals surface area contributed by atoms with Crippen LogP contribution in [-0.2, 0) is 4.79 Å². The summed E-state index contributed by atoms with van der Waals surface area (Å²) in [6, 6.07) is 1.56. The average Bonchev–Trinajstić information content (AvgIpc) is 3.12. The molecule has 0 spiro atoms. The molecule has 1 aromatic heterocycles. The zero-order chi connectivity index (χ0) is 20.8. The highest BCUT2D eigenvalue weighted by Crippen LogP contribution is 2.62. The van der Waals surface area contributed by atoms with Crippen LogP contribution in [0.15, 0.2) is 30.2 Å². The molecule has 3 N–H and O–H groups in total. The highest BCUT2D eigenvalue weighted by molar-refractivity contribution is 5.89. The number of alkyl halides is 2. The van der Waals surface area contributed by atoms with E-state index in [0.29, 0.717) is 18.1 Å². The van der Waals surface area contributed by atoms with Crippen LogP contribution in [0.25, 0.3) is 5.57 Å². The molecule has 29 heavy (non-hydrogen) atoms. The molecule has 1 saturated heterocycles. The van der Waals surface area contributed by atoms with Gasteiger partial charge in [0.25, 0.3) is 5.92 Å². The number of carbonyl (C=O) groups excluding carboxylic acids is 1. The zero-order valence-electron chi connectivity index (χ0n) is 16.4. The predicted octanol–water partition coefficient (Wildman–Crippen LogP) is 2.79. The largest absolute Gasteiger partial charge is 0.392 e. The number of amides is 1. The summed E-state index contributed by atoms with van der Waals surface area (Å²) >= 11 is 0. The second-order valence-corrected chi connectivity index (χ2v) is 8.04. The number of hydrogen-bond acceptors (Lipinski definition) is 6. The first-order chi connectivity index (χ1) is 13.8. The van der Waals surface area contributed by atoms with Crippen LogP contribution in [-0.4, -0.2) is 52.0 Å². The molecule has 1 aromatic rings. The third-order valence-corrected chi connectivity index (χ3v) is 6.06. The summed E-state index contributed by atoms with van der Waals surface area (Å²) in [4.78, 5) is 23.2. The lowest BCUT2D eigenvalue weighted by atomic mass is 9.96. The molecular weight excluding hydrogens is 378 g/mol. The van der Waals surface area contributed by atoms with Gasteiger partial charge in [-0.3, -0.25) is 4.79 Å². The van der Waals surface area contributed by atoms with Gasteiger partial charge in [0.2, 0.25) is 11.9 Å². The molecule has 2 bridgehead atoms. The number of nitrogens with zero attached hydrogens (tertiary/aromatic N) is 3. The number of anilines is 1. The highest BCUT2D eigenvalue weighted by Gasteiger charge is 2.74. The van der Waals surface area contributed by atoms with Gasteiger partial charge < -0.3 is 20.9 Å². The molecule has 3 aliphatic rings. The normalized spacial score (nSPS) is 29.9. The van der Waals surface area contributed by atoms with E-state index in [4.69, 9.17) is 5.41 Å². The van der Waals surface area contributed by atoms with E-state index in [0.717, 1.165) is 30.3 Å². The van der Waals surface area contributed by atoms with E-state index in [9.17, 15) is 13.6 Å². The average molecular weight is 402 g/mol. The number of halogens is 2. The first kappa shape index (κ1) is 19.5. The molecule has 1 amide bonds. The number of carbonyl (C=O) groups is 1. The Morgan fingerprint density at radius 2 is 2.17 bits per heavy atom. The summed E-state index contributed by atoms with van der Waals surface area (Å²) < 4.78 is 27.4. The zero-order valence-corrected chi connectivity index (χ0v) is 16.4. The fourth-order valence-corrected chi connectivity index (χ4v) is 4.25. The summed E-state index contributed by atoms with van der Waals surface area (Å²) in [5.74, 6) is -2.96. The summed E-state index contributed by atoms with van der Waals surface area (Å²) in [7, 11) is 1.73. The van der Waals surface area contributed by atoms with Crippen molar-refractivity contribution in [1.29, 1.82) is 5.41 Å². The van der Waals surface area contributed by atoms with Crippen molar-refractivity contribution >= 4 is 23.6 Å². The predicted molar refractivity (Wildman–Crippen MR) is 106 cm³/mol. The van der Waals surface area contributed by atoms with Crippen LogP contribution in [0.4, 0.5) is 14.7 Å². The molecule has 1 aliphatic carbocycles. The fraction of sp³-hybridized carbons (Fsp3) is 0.500. The van der Waals surface area contributed by atoms with E-state index >= 15 is 0 Å². The Morgan fingerprint density at radius 1 is 1.41 bits per heavy atom. The van der Waals surface area contributed by atoms with Crippen LogP contribution in [0.1, 0.15) is 38.3 Å². The van der Waals surface area contributed by atoms with Crippen molar-refractivity contribution < 1.29 is 13.6 Å². The molecule has 3 unspecified atom stereocenters. The molecule has 3 atom stereocenters. The topological polar surface area (TPSA) is 94.0 Å². The first-order valence-corrected chi connectivity index (χ1v) is 9.69. The lowest BCUT2D eigenvalue weighted by Gasteiger charge is -2.36. The van der Waals surface area contributed by atoms with Crippen molar-refractivity contribution in [3.05, 3.63) is 35.9 Å². The van der Waals surface area contributed by atoms with Crippen LogP contribution in [0.5, 0.6) is 0 Å². The Kier molecular flexibility index (Phi) is 4.63. The van der Waals surface area contributed by atoms with Gasteiger partial charge in [-0.25, -0.2) is 18.7 Å². The van der Waals surface area contributed by atoms with Crippen molar-refractivity contribution in [1.82, 2.24) is 20.2 Å². The number of fused-ring (bicyclic) bond motifs is 2. The lowest BCUT2D eigenvalue weighted by molar-refractivity contribution is -0.142. The molecule has 2 aliphatic heterocycles. The van der Waals surface area contributed by atoms with Crippen molar-refractivity contribution in [3.8, 4) is 0 Å². The molecular formula is C20H24F2N6O. The first-order valence-electron chi connectivity index (χ1n) is 9.69. The van der Waals surface area contributed by atoms with Gasteiger partial charge in [0, 0.05) is 38.1 Å². The standard InChI is InChI=1S/C20H24F2N6O/c1-19(11-20(19,21)22)17(29)28-14-3-4-15(28)8-12(7-14)16-5-6-25-18(27-16)26-13(9-23)10-24-2/h5-7,9-10,14-15,23-24H,3-4,8,11H2,1-2H3,(H,25,26,27)/b13-10+,23-9?. The molecule has 154 valence electrons. The maximum atomic E-state index is 13.7. The van der Waals surface area contributed by atoms with Gasteiger partial charge in [0.15, 0.2) is 0 Å². The van der Waals surface area contributed by atoms with E-state index in [1.165, 1.54) is 6.92 Å². The Hall–Kier alpha value is -2.84. The second-order valence-electron chi connectivity index (χ2n) is 8.04. The van der Waals surface area contributed by atoms with Crippen molar-refractivity contribution in [2.45, 2.75) is 50.6 Å². The van der Waals surface area contributed by atoms with E-state index < -0.39 is 17.2 Å². The number of rotatable bonds is 6. The monoisotopic (exact) mass is 402 g/mol. The van der Waals surface area contributed by atoms with Gasteiger partial charge in [-0.15, -0.1) is 0 Å². The number of hydrogen-bond donors (Lipinski definition) is 3. The Labute approximate surface area is 167 Å². The number of nitrogens with one attached hydrogen (secondary N) is 3. The van der Waals surface area contributed by atoms with E-state index in [-0.39, 0.29) is 18.5 Å². The second kappa shape index (κ2) is 6.89. The van der Waals surface area contributed by atoms with Crippen molar-refractivity contribution in [2.24, 2.45) is 5.41 Å². The third kappa shape index (κ3) is 3.28. The van der Waals surface area contributed by atoms with Gasteiger partial charge in [0.05, 0.1) is 17.4 Å². The van der Waals surface area contributed by atoms with E-state index in [1.54, 1.807) is 30.4 Å². The molecule has 0 aromatic carbocycles. The summed E-state index contributed by atoms with van der Waals surface area (Å²) in [6.07, 6.45) is 8.21. The molecule has 3 heterocycles. The van der Waals surface area contributed by atoms with Crippen LogP contribution < -0.4 is 10.6 Å². The Bertz CT molecular complexity index is 914. The third-order valence-electron chi connectivity index (χ3n) is 6.06. The van der Waals surface area contributed by atoms with Crippen LogP contribution in [0.3, 0.4) is 0 Å². The maximum absolute atomic E-state index is 13.7. The van der Waals surface area contributed by atoms with E-state index in [1.807, 2.05) is 6.08 Å². The molecule has 7 nitrogen and oxygen atoms in total. The molecule has 9 heteroatoms. The van der Waals surface area contributed by atoms with Gasteiger partial charge in [0.1, 0.15) is 5.41 Å². The maximum Gasteiger partial charge on any atom is 0.263 e. The van der Waals surface area contributed by atoms with Gasteiger partial charge in [-0.05, 0) is 37.8 Å². The van der Waals surface area contributed by atoms with E-state index in [2.05, 4.69) is 20.6 Å². The summed E-state index contributed by atoms with van der Waals surface area (Å²) in [6.45, 7) is 1.37. The molecule has 4 rings (SSSR count). The summed E-state index contributed by atoms with van der Waals surface area (Å²) in [5.41, 5.74) is 0.697. The summed E-state index contributed by atoms with van der Waals surface area (Å²) in [5, 5.41) is 13.2. The Balaban J connectivity index is 1.55. The Morgan fingerprint density at radius 3 is 2.79 bits per heavy atom. The molecule has 0 radical (unpaired) electrons. The SMILES string of the molecule is CN/C=C(\C=N)Nc1nccc(C2=CC3CCC(C2)N3C(=O)C2(C)CC2(F)F)n1. The van der Waals surface area contributed by atoms with Crippen LogP contribution in [0.2, 0.25) is 0 Å². The van der Waals surface area contributed by atoms with Gasteiger partial charge in [-0.2, -0.15) is 0 Å². The minimum atomic E-state index is -2.89. The number of allylic oxidation sites excluding steroid dienone is 1. The fourth-order valence-electron chi connectivity index (χ4n) is 4.25. The number of aromatic nitrogens is 2.